The summed E-state index contributed by atoms with van der Waals surface area (Å²) < 4.78 is 7.24. The van der Waals surface area contributed by atoms with Gasteiger partial charge in [0.15, 0.2) is 0 Å². The number of benzene rings is 1. The zero-order valence-corrected chi connectivity index (χ0v) is 12.7. The molecule has 2 nitrogen and oxygen atoms in total. The largest absolute Gasteiger partial charge is 0.490 e. The van der Waals surface area contributed by atoms with Crippen LogP contribution in [0, 0.1) is 5.92 Å². The average Bonchev–Trinajstić information content (AvgIpc) is 2.28. The first-order valence-corrected chi connectivity index (χ1v) is 7.57. The van der Waals surface area contributed by atoms with Crippen molar-refractivity contribution >= 4 is 15.9 Å². The van der Waals surface area contributed by atoms with Crippen molar-refractivity contribution in [2.75, 3.05) is 0 Å². The first-order chi connectivity index (χ1) is 8.56. The quantitative estimate of drug-likeness (QED) is 0.896. The van der Waals surface area contributed by atoms with E-state index in [-0.39, 0.29) is 6.04 Å². The Balaban J connectivity index is 2.14. The van der Waals surface area contributed by atoms with E-state index in [9.17, 15) is 0 Å². The molecule has 0 amide bonds. The van der Waals surface area contributed by atoms with E-state index in [1.54, 1.807) is 0 Å². The first kappa shape index (κ1) is 13.9. The van der Waals surface area contributed by atoms with E-state index in [4.69, 9.17) is 10.5 Å². The van der Waals surface area contributed by atoms with Gasteiger partial charge in [-0.1, -0.05) is 35.3 Å². The van der Waals surface area contributed by atoms with Crippen molar-refractivity contribution < 1.29 is 4.74 Å². The zero-order valence-electron chi connectivity index (χ0n) is 11.2. The van der Waals surface area contributed by atoms with Crippen LogP contribution < -0.4 is 10.5 Å². The maximum Gasteiger partial charge on any atom is 0.125 e. The highest BCUT2D eigenvalue weighted by atomic mass is 79.9. The van der Waals surface area contributed by atoms with Gasteiger partial charge >= 0.3 is 0 Å². The maximum absolute atomic E-state index is 6.19. The smallest absolute Gasteiger partial charge is 0.125 e. The number of nitrogens with two attached hydrogens (primary N) is 1. The fraction of sp³-hybridized carbons (Fsp3) is 0.600. The van der Waals surface area contributed by atoms with Gasteiger partial charge in [-0.2, -0.15) is 0 Å². The molecule has 1 aromatic rings. The van der Waals surface area contributed by atoms with Crippen LogP contribution in [0.15, 0.2) is 22.7 Å². The monoisotopic (exact) mass is 311 g/mol. The molecule has 3 heteroatoms. The summed E-state index contributed by atoms with van der Waals surface area (Å²) >= 11 is 3.50. The van der Waals surface area contributed by atoms with Crippen LogP contribution in [0.3, 0.4) is 0 Å². The molecular weight excluding hydrogens is 290 g/mol. The minimum absolute atomic E-state index is 0.00844. The Labute approximate surface area is 118 Å². The minimum atomic E-state index is 0.00844. The highest BCUT2D eigenvalue weighted by molar-refractivity contribution is 9.10. The number of rotatable bonds is 3. The second-order valence-electron chi connectivity index (χ2n) is 5.48. The highest BCUT2D eigenvalue weighted by Crippen LogP contribution is 2.32. The molecule has 1 aromatic carbocycles. The Morgan fingerprint density at radius 1 is 1.39 bits per heavy atom. The van der Waals surface area contributed by atoms with Gasteiger partial charge in [0.1, 0.15) is 5.75 Å². The maximum atomic E-state index is 6.19. The van der Waals surface area contributed by atoms with E-state index in [1.807, 2.05) is 19.1 Å². The Morgan fingerprint density at radius 2 is 2.17 bits per heavy atom. The van der Waals surface area contributed by atoms with Gasteiger partial charge in [-0.15, -0.1) is 0 Å². The lowest BCUT2D eigenvalue weighted by Crippen LogP contribution is -2.25. The first-order valence-electron chi connectivity index (χ1n) is 6.78. The van der Waals surface area contributed by atoms with Gasteiger partial charge < -0.3 is 10.5 Å². The van der Waals surface area contributed by atoms with Crippen LogP contribution >= 0.6 is 15.9 Å². The Kier molecular flexibility index (Phi) is 4.68. The molecule has 0 saturated heterocycles. The van der Waals surface area contributed by atoms with Gasteiger partial charge in [0.25, 0.3) is 0 Å². The molecule has 0 heterocycles. The number of hydrogen-bond acceptors (Lipinski definition) is 2. The molecule has 1 aliphatic rings. The van der Waals surface area contributed by atoms with Crippen LogP contribution in [0.25, 0.3) is 0 Å². The third-order valence-electron chi connectivity index (χ3n) is 3.65. The molecule has 0 spiro atoms. The Morgan fingerprint density at radius 3 is 2.83 bits per heavy atom. The summed E-state index contributed by atoms with van der Waals surface area (Å²) in [5, 5.41) is 0. The van der Waals surface area contributed by atoms with E-state index in [2.05, 4.69) is 28.9 Å². The fourth-order valence-electron chi connectivity index (χ4n) is 2.65. The van der Waals surface area contributed by atoms with E-state index >= 15 is 0 Å². The summed E-state index contributed by atoms with van der Waals surface area (Å²) in [5.74, 6) is 1.72. The zero-order chi connectivity index (χ0) is 13.1. The van der Waals surface area contributed by atoms with Crippen molar-refractivity contribution in [3.05, 3.63) is 28.2 Å². The molecule has 1 saturated carbocycles. The Bertz CT molecular complexity index is 405. The predicted molar refractivity (Wildman–Crippen MR) is 78.8 cm³/mol. The van der Waals surface area contributed by atoms with Gasteiger partial charge in [-0.05, 0) is 44.2 Å². The SMILES string of the molecule is CC1CCCC(Oc2cc(Br)ccc2[C@H](C)N)C1. The van der Waals surface area contributed by atoms with E-state index in [1.165, 1.54) is 12.8 Å². The molecule has 3 atom stereocenters. The summed E-state index contributed by atoms with van der Waals surface area (Å²) in [6, 6.07) is 6.12. The van der Waals surface area contributed by atoms with Gasteiger partial charge in [0, 0.05) is 16.1 Å². The van der Waals surface area contributed by atoms with Crippen LogP contribution in [-0.2, 0) is 0 Å². The number of hydrogen-bond donors (Lipinski definition) is 1. The fourth-order valence-corrected chi connectivity index (χ4v) is 2.99. The number of halogens is 1. The summed E-state index contributed by atoms with van der Waals surface area (Å²) in [6.07, 6.45) is 5.27. The standard InChI is InChI=1S/C15H22BrNO/c1-10-4-3-5-13(8-10)18-15-9-12(16)6-7-14(15)11(2)17/h6-7,9-11,13H,3-5,8,17H2,1-2H3/t10?,11-,13?/m0/s1. The average molecular weight is 312 g/mol. The molecule has 0 aromatic heterocycles. The van der Waals surface area contributed by atoms with E-state index < -0.39 is 0 Å². The molecule has 100 valence electrons. The number of ether oxygens (including phenoxy) is 1. The van der Waals surface area contributed by atoms with Gasteiger partial charge in [0.05, 0.1) is 6.10 Å². The molecule has 2 unspecified atom stereocenters. The molecule has 1 aliphatic carbocycles. The lowest BCUT2D eigenvalue weighted by molar-refractivity contribution is 0.127. The van der Waals surface area contributed by atoms with Crippen LogP contribution in [0.4, 0.5) is 0 Å². The molecular formula is C15H22BrNO. The molecule has 1 fully saturated rings. The van der Waals surface area contributed by atoms with Crippen LogP contribution in [0.2, 0.25) is 0 Å². The van der Waals surface area contributed by atoms with Crippen molar-refractivity contribution in [2.45, 2.75) is 51.7 Å². The van der Waals surface area contributed by atoms with Gasteiger partial charge in [0.2, 0.25) is 0 Å². The summed E-state index contributed by atoms with van der Waals surface area (Å²) in [7, 11) is 0. The van der Waals surface area contributed by atoms with Crippen molar-refractivity contribution in [3.63, 3.8) is 0 Å². The summed E-state index contributed by atoms with van der Waals surface area (Å²) in [4.78, 5) is 0. The Hall–Kier alpha value is -0.540. The lowest BCUT2D eigenvalue weighted by Gasteiger charge is -2.28. The topological polar surface area (TPSA) is 35.2 Å². The third-order valence-corrected chi connectivity index (χ3v) is 4.14. The van der Waals surface area contributed by atoms with Crippen LogP contribution in [0.1, 0.15) is 51.1 Å². The molecule has 0 radical (unpaired) electrons. The van der Waals surface area contributed by atoms with E-state index in [0.29, 0.717) is 6.10 Å². The normalized spacial score (nSPS) is 25.8. The molecule has 0 bridgehead atoms. The van der Waals surface area contributed by atoms with Crippen molar-refractivity contribution in [2.24, 2.45) is 11.7 Å². The van der Waals surface area contributed by atoms with Crippen LogP contribution in [0.5, 0.6) is 5.75 Å². The molecule has 2 rings (SSSR count). The predicted octanol–water partition coefficient (Wildman–Crippen LogP) is 4.43. The second kappa shape index (κ2) is 6.07. The van der Waals surface area contributed by atoms with Crippen molar-refractivity contribution in [1.29, 1.82) is 0 Å². The lowest BCUT2D eigenvalue weighted by atomic mass is 9.88. The molecule has 18 heavy (non-hydrogen) atoms. The minimum Gasteiger partial charge on any atom is -0.490 e. The van der Waals surface area contributed by atoms with Gasteiger partial charge in [-0.25, -0.2) is 0 Å². The van der Waals surface area contributed by atoms with E-state index in [0.717, 1.165) is 34.5 Å². The highest BCUT2D eigenvalue weighted by Gasteiger charge is 2.21. The summed E-state index contributed by atoms with van der Waals surface area (Å²) in [6.45, 7) is 4.31. The van der Waals surface area contributed by atoms with Crippen molar-refractivity contribution in [3.8, 4) is 5.75 Å². The van der Waals surface area contributed by atoms with Crippen molar-refractivity contribution in [1.82, 2.24) is 0 Å². The summed E-state index contributed by atoms with van der Waals surface area (Å²) in [5.41, 5.74) is 7.10. The molecule has 0 aliphatic heterocycles. The van der Waals surface area contributed by atoms with Gasteiger partial charge in [-0.3, -0.25) is 0 Å². The van der Waals surface area contributed by atoms with Crippen LogP contribution in [-0.4, -0.2) is 6.10 Å². The second-order valence-corrected chi connectivity index (χ2v) is 6.40. The molecule has 2 N–H and O–H groups in total. The third kappa shape index (κ3) is 3.48.